The second kappa shape index (κ2) is 61.9. The van der Waals surface area contributed by atoms with Crippen LogP contribution in [0.2, 0.25) is 0 Å². The minimum Gasteiger partial charge on any atom is -0.756 e. The Hall–Kier alpha value is -5.67. The monoisotopic (exact) mass is 1170 g/mol. The molecule has 0 radical (unpaired) electrons. The molecule has 0 saturated carbocycles. The maximum Gasteiger partial charge on any atom is 0.306 e. The predicted molar refractivity (Wildman–Crippen MR) is 359 cm³/mol. The third kappa shape index (κ3) is 65.5. The van der Waals surface area contributed by atoms with Crippen LogP contribution < -0.4 is 4.89 Å². The molecule has 10 heteroatoms. The number of ether oxygens (including phenoxy) is 2. The number of phosphoric acid groups is 1. The van der Waals surface area contributed by atoms with E-state index in [1.54, 1.807) is 0 Å². The van der Waals surface area contributed by atoms with Crippen LogP contribution in [0.3, 0.4) is 0 Å². The summed E-state index contributed by atoms with van der Waals surface area (Å²) in [6.07, 6.45) is 100.0. The smallest absolute Gasteiger partial charge is 0.306 e. The Morgan fingerprint density at radius 3 is 0.964 bits per heavy atom. The first kappa shape index (κ1) is 78.3. The summed E-state index contributed by atoms with van der Waals surface area (Å²) in [4.78, 5) is 37.9. The number of hydrogen-bond acceptors (Lipinski definition) is 8. The van der Waals surface area contributed by atoms with Gasteiger partial charge in [0.2, 0.25) is 0 Å². The molecule has 0 aliphatic rings. The van der Waals surface area contributed by atoms with E-state index >= 15 is 0 Å². The van der Waals surface area contributed by atoms with Crippen LogP contribution in [-0.2, 0) is 32.7 Å². The van der Waals surface area contributed by atoms with E-state index in [2.05, 4.69) is 227 Å². The number of quaternary nitrogens is 1. The number of esters is 2. The molecule has 2 atom stereocenters. The standard InChI is InChI=1S/C74H112NO8P/c1-6-8-10-12-14-16-18-20-22-24-26-28-30-32-34-36-37-39-41-43-45-47-49-51-53-55-57-59-61-63-65-67-74(77)83-72(71-82-84(78,79)81-69-68-75(3,4)5)70-80-73(76)66-64-62-60-58-56-54-52-50-48-46-44-42-40-38-35-33-31-29-27-25-23-21-19-17-15-13-11-9-7-2/h8-11,14-17,20-23,26-29,32-35,37,39-40,42-43,45-46,48-49,51-52,54-55,57-58,60,72H,6-7,12-13,18-19,24-25,30-31,36,38,41,44,47,50,53,56,59,61-71H2,1-5H3/b10-8-,11-9-,16-14-,17-15-,22-20-,23-21-,28-26-,29-27-,34-32-,35-33-,39-37-,42-40-,45-43-,48-46-,51-49-,54-52-,57-55-,60-58-. The lowest BCUT2D eigenvalue weighted by Crippen LogP contribution is -2.37. The van der Waals surface area contributed by atoms with E-state index in [-0.39, 0.29) is 26.1 Å². The molecule has 0 saturated heterocycles. The highest BCUT2D eigenvalue weighted by atomic mass is 31.2. The van der Waals surface area contributed by atoms with E-state index < -0.39 is 32.5 Å². The highest BCUT2D eigenvalue weighted by Crippen LogP contribution is 2.38. The van der Waals surface area contributed by atoms with E-state index in [4.69, 9.17) is 18.5 Å². The van der Waals surface area contributed by atoms with Gasteiger partial charge in [-0.05, 0) is 148 Å². The van der Waals surface area contributed by atoms with Crippen molar-refractivity contribution in [3.63, 3.8) is 0 Å². The van der Waals surface area contributed by atoms with Gasteiger partial charge in [0.15, 0.2) is 6.10 Å². The van der Waals surface area contributed by atoms with Crippen LogP contribution in [-0.4, -0.2) is 70.0 Å². The van der Waals surface area contributed by atoms with Crippen LogP contribution in [0.15, 0.2) is 219 Å². The summed E-state index contributed by atoms with van der Waals surface area (Å²) in [6.45, 7) is 3.86. The van der Waals surface area contributed by atoms with Crippen LogP contribution in [0, 0.1) is 0 Å². The lowest BCUT2D eigenvalue weighted by molar-refractivity contribution is -0.870. The summed E-state index contributed by atoms with van der Waals surface area (Å²) in [7, 11) is 1.07. The van der Waals surface area contributed by atoms with Crippen LogP contribution in [0.4, 0.5) is 0 Å². The van der Waals surface area contributed by atoms with Crippen LogP contribution >= 0.6 is 7.82 Å². The summed E-state index contributed by atoms with van der Waals surface area (Å²) in [5.41, 5.74) is 0. The summed E-state index contributed by atoms with van der Waals surface area (Å²) in [6, 6.07) is 0. The van der Waals surface area contributed by atoms with Gasteiger partial charge in [0.1, 0.15) is 19.8 Å². The molecule has 0 amide bonds. The zero-order valence-electron chi connectivity index (χ0n) is 52.7. The number of hydrogen-bond donors (Lipinski definition) is 0. The first-order valence-electron chi connectivity index (χ1n) is 31.4. The van der Waals surface area contributed by atoms with Crippen LogP contribution in [0.5, 0.6) is 0 Å². The molecule has 84 heavy (non-hydrogen) atoms. The third-order valence-corrected chi connectivity index (χ3v) is 13.0. The molecule has 0 fully saturated rings. The second-order valence-electron chi connectivity index (χ2n) is 20.9. The van der Waals surface area contributed by atoms with Gasteiger partial charge in [-0.15, -0.1) is 0 Å². The molecule has 0 heterocycles. The molecule has 9 nitrogen and oxygen atoms in total. The van der Waals surface area contributed by atoms with Gasteiger partial charge < -0.3 is 27.9 Å². The summed E-state index contributed by atoms with van der Waals surface area (Å²) >= 11 is 0. The molecule has 0 spiro atoms. The number of allylic oxidation sites excluding steroid dienone is 36. The van der Waals surface area contributed by atoms with Gasteiger partial charge in [-0.3, -0.25) is 14.2 Å². The fraction of sp³-hybridized carbons (Fsp3) is 0.486. The highest BCUT2D eigenvalue weighted by Gasteiger charge is 2.21. The Labute approximate surface area is 512 Å². The maximum absolute atomic E-state index is 12.8. The van der Waals surface area contributed by atoms with Crippen molar-refractivity contribution in [2.45, 2.75) is 187 Å². The Morgan fingerprint density at radius 1 is 0.369 bits per heavy atom. The fourth-order valence-electron chi connectivity index (χ4n) is 7.24. The quantitative estimate of drug-likeness (QED) is 0.0195. The van der Waals surface area contributed by atoms with Gasteiger partial charge in [-0.25, -0.2) is 0 Å². The number of nitrogens with zero attached hydrogens (tertiary/aromatic N) is 1. The number of rotatable bonds is 54. The van der Waals surface area contributed by atoms with Crippen molar-refractivity contribution in [3.05, 3.63) is 219 Å². The Bertz CT molecular complexity index is 2210. The van der Waals surface area contributed by atoms with Gasteiger partial charge >= 0.3 is 11.9 Å². The lowest BCUT2D eigenvalue weighted by Gasteiger charge is -2.28. The molecule has 0 rings (SSSR count). The van der Waals surface area contributed by atoms with Crippen LogP contribution in [0.1, 0.15) is 181 Å². The summed E-state index contributed by atoms with van der Waals surface area (Å²) in [5.74, 6) is -0.966. The van der Waals surface area contributed by atoms with Crippen molar-refractivity contribution in [2.24, 2.45) is 0 Å². The number of unbranched alkanes of at least 4 members (excludes halogenated alkanes) is 4. The average Bonchev–Trinajstić information content (AvgIpc) is 3.61. The minimum absolute atomic E-state index is 0.0611. The fourth-order valence-corrected chi connectivity index (χ4v) is 7.96. The Balaban J connectivity index is 4.39. The van der Waals surface area contributed by atoms with Gasteiger partial charge in [0, 0.05) is 12.8 Å². The van der Waals surface area contributed by atoms with E-state index in [0.717, 1.165) is 135 Å². The van der Waals surface area contributed by atoms with Gasteiger partial charge in [-0.2, -0.15) is 0 Å². The second-order valence-corrected chi connectivity index (χ2v) is 22.4. The first-order chi connectivity index (χ1) is 41.0. The lowest BCUT2D eigenvalue weighted by atomic mass is 10.1. The van der Waals surface area contributed by atoms with Crippen LogP contribution in [0.25, 0.3) is 0 Å². The molecule has 0 aromatic rings. The molecule has 2 unspecified atom stereocenters. The molecule has 0 aromatic carbocycles. The SMILES string of the molecule is CC/C=C\C/C=C\C/C=C\C/C=C\C/C=C\C/C=C\C/C=C\C/C=C\C/C=C\CCCCCC(=O)OC(COC(=O)CCC/C=C\C/C=C\C/C=C\C/C=C\C/C=C\C/C=C\C/C=C\C/C=C\C/C=C\CC)COP(=O)([O-])OCC[N+](C)(C)C. The molecular weight excluding hydrogens is 1060 g/mol. The number of carbonyl (C=O) groups excluding carboxylic acids is 2. The molecular formula is C74H112NO8P. The largest absolute Gasteiger partial charge is 0.756 e. The van der Waals surface area contributed by atoms with Gasteiger partial charge in [-0.1, -0.05) is 239 Å². The average molecular weight is 1170 g/mol. The Kier molecular flexibility index (Phi) is 57.7. The molecule has 0 bridgehead atoms. The zero-order valence-corrected chi connectivity index (χ0v) is 53.6. The third-order valence-electron chi connectivity index (χ3n) is 12.0. The van der Waals surface area contributed by atoms with Crippen molar-refractivity contribution in [1.29, 1.82) is 0 Å². The van der Waals surface area contributed by atoms with E-state index in [1.165, 1.54) is 0 Å². The Morgan fingerprint density at radius 2 is 0.655 bits per heavy atom. The number of likely N-dealkylation sites (N-methyl/N-ethyl adjacent to an activating group) is 1. The summed E-state index contributed by atoms with van der Waals surface area (Å²) < 4.78 is 34.1. The topological polar surface area (TPSA) is 111 Å². The summed E-state index contributed by atoms with van der Waals surface area (Å²) in [5, 5.41) is 0. The minimum atomic E-state index is -4.68. The first-order valence-corrected chi connectivity index (χ1v) is 32.9. The predicted octanol–water partition coefficient (Wildman–Crippen LogP) is 19.8. The van der Waals surface area contributed by atoms with Crippen molar-refractivity contribution in [3.8, 4) is 0 Å². The molecule has 466 valence electrons. The van der Waals surface area contributed by atoms with E-state index in [9.17, 15) is 19.0 Å². The normalized spacial score (nSPS) is 14.7. The van der Waals surface area contributed by atoms with Gasteiger partial charge in [0.25, 0.3) is 7.82 Å². The molecule has 0 aliphatic carbocycles. The molecule has 0 aromatic heterocycles. The molecule has 0 aliphatic heterocycles. The molecule has 0 N–H and O–H groups in total. The van der Waals surface area contributed by atoms with E-state index in [1.807, 2.05) is 27.2 Å². The van der Waals surface area contributed by atoms with Gasteiger partial charge in [0.05, 0.1) is 27.7 Å². The zero-order chi connectivity index (χ0) is 61.2. The van der Waals surface area contributed by atoms with Crippen molar-refractivity contribution < 1.29 is 42.1 Å². The number of phosphoric ester groups is 1. The number of carbonyl (C=O) groups is 2. The maximum atomic E-state index is 12.8. The van der Waals surface area contributed by atoms with Crippen molar-refractivity contribution in [1.82, 2.24) is 0 Å². The van der Waals surface area contributed by atoms with E-state index in [0.29, 0.717) is 30.3 Å². The highest BCUT2D eigenvalue weighted by molar-refractivity contribution is 7.45. The van der Waals surface area contributed by atoms with Crippen molar-refractivity contribution in [2.75, 3.05) is 47.5 Å². The van der Waals surface area contributed by atoms with Crippen molar-refractivity contribution >= 4 is 19.8 Å².